The van der Waals surface area contributed by atoms with Gasteiger partial charge in [0.25, 0.3) is 0 Å². The van der Waals surface area contributed by atoms with Crippen LogP contribution in [0.15, 0.2) is 30.3 Å². The van der Waals surface area contributed by atoms with Gasteiger partial charge in [-0.05, 0) is 37.3 Å². The lowest BCUT2D eigenvalue weighted by Crippen LogP contribution is -2.31. The summed E-state index contributed by atoms with van der Waals surface area (Å²) >= 11 is 0. The lowest BCUT2D eigenvalue weighted by Gasteiger charge is -2.23. The number of carbonyl (C=O) groups is 1. The van der Waals surface area contributed by atoms with Crippen molar-refractivity contribution in [3.8, 4) is 5.75 Å². The third-order valence-electron chi connectivity index (χ3n) is 4.51. The summed E-state index contributed by atoms with van der Waals surface area (Å²) in [5.74, 6) is -0.846. The Balaban J connectivity index is 1.79. The number of hydrogen-bond donors (Lipinski definition) is 4. The number of carboxylic acid groups (broad SMARTS) is 1. The molecule has 6 nitrogen and oxygen atoms in total. The molecule has 0 radical (unpaired) electrons. The van der Waals surface area contributed by atoms with E-state index in [-0.39, 0.29) is 24.8 Å². The first-order valence-electron chi connectivity index (χ1n) is 7.98. The van der Waals surface area contributed by atoms with Crippen molar-refractivity contribution in [2.45, 2.75) is 43.9 Å². The minimum absolute atomic E-state index is 0.126. The number of hydrogen-bond acceptors (Lipinski definition) is 5. The maximum Gasteiger partial charge on any atom is 0.303 e. The van der Waals surface area contributed by atoms with Crippen molar-refractivity contribution >= 4 is 5.97 Å². The van der Waals surface area contributed by atoms with Crippen LogP contribution in [0.5, 0.6) is 5.75 Å². The molecule has 5 atom stereocenters. The second-order valence-electron chi connectivity index (χ2n) is 6.26. The zero-order valence-electron chi connectivity index (χ0n) is 13.0. The summed E-state index contributed by atoms with van der Waals surface area (Å²) < 4.78 is 5.59. The number of para-hydroxylation sites is 1. The van der Waals surface area contributed by atoms with E-state index in [2.05, 4.69) is 0 Å². The van der Waals surface area contributed by atoms with E-state index >= 15 is 0 Å². The number of ether oxygens (including phenoxy) is 1. The van der Waals surface area contributed by atoms with Gasteiger partial charge >= 0.3 is 5.97 Å². The average Bonchev–Trinajstić information content (AvgIpc) is 2.77. The number of aliphatic hydroxyl groups excluding tert-OH is 2. The van der Waals surface area contributed by atoms with Gasteiger partial charge in [0.2, 0.25) is 0 Å². The maximum atomic E-state index is 10.9. The van der Waals surface area contributed by atoms with Crippen molar-refractivity contribution in [1.29, 1.82) is 0 Å². The largest absolute Gasteiger partial charge is 0.492 e. The normalized spacial score (nSPS) is 28.5. The van der Waals surface area contributed by atoms with E-state index in [9.17, 15) is 15.0 Å². The Kier molecular flexibility index (Phi) is 6.38. The third-order valence-corrected chi connectivity index (χ3v) is 4.51. The fraction of sp³-hybridized carbons (Fsp3) is 0.588. The highest BCUT2D eigenvalue weighted by Crippen LogP contribution is 2.38. The number of benzene rings is 1. The van der Waals surface area contributed by atoms with Crippen molar-refractivity contribution in [3.63, 3.8) is 0 Å². The van der Waals surface area contributed by atoms with E-state index in [4.69, 9.17) is 15.6 Å². The fourth-order valence-corrected chi connectivity index (χ4v) is 3.27. The van der Waals surface area contributed by atoms with E-state index in [0.29, 0.717) is 19.4 Å². The van der Waals surface area contributed by atoms with Crippen LogP contribution in [0.2, 0.25) is 0 Å². The first-order valence-corrected chi connectivity index (χ1v) is 7.98. The van der Waals surface area contributed by atoms with Crippen LogP contribution in [0.3, 0.4) is 0 Å². The van der Waals surface area contributed by atoms with Gasteiger partial charge in [-0.25, -0.2) is 0 Å². The van der Waals surface area contributed by atoms with E-state index in [1.807, 2.05) is 30.3 Å². The molecule has 1 aliphatic rings. The highest BCUT2D eigenvalue weighted by molar-refractivity contribution is 5.67. The van der Waals surface area contributed by atoms with Crippen molar-refractivity contribution in [3.05, 3.63) is 30.3 Å². The standard InChI is InChI=1S/C17H25NO5/c18-11(10-23-12-4-2-1-3-5-12)6-7-13-14(8-17(21)22)16(20)9-15(13)19/h1-5,11,13-16,19-20H,6-10,18H2,(H,21,22)/t11?,13-,14-,15-,16+/m1/s1. The van der Waals surface area contributed by atoms with Crippen LogP contribution in [-0.2, 0) is 4.79 Å². The summed E-state index contributed by atoms with van der Waals surface area (Å²) in [4.78, 5) is 10.9. The van der Waals surface area contributed by atoms with Crippen LogP contribution in [-0.4, -0.2) is 46.1 Å². The van der Waals surface area contributed by atoms with Gasteiger partial charge in [0.05, 0.1) is 18.6 Å². The molecule has 1 aliphatic carbocycles. The first kappa shape index (κ1) is 17.7. The molecular formula is C17H25NO5. The predicted molar refractivity (Wildman–Crippen MR) is 85.0 cm³/mol. The minimum Gasteiger partial charge on any atom is -0.492 e. The number of aliphatic carboxylic acids is 1. The second-order valence-corrected chi connectivity index (χ2v) is 6.26. The van der Waals surface area contributed by atoms with Gasteiger partial charge in [0, 0.05) is 12.0 Å². The molecule has 1 fully saturated rings. The molecule has 0 spiro atoms. The molecule has 1 aromatic carbocycles. The molecule has 1 saturated carbocycles. The smallest absolute Gasteiger partial charge is 0.303 e. The van der Waals surface area contributed by atoms with E-state index in [0.717, 1.165) is 5.75 Å². The molecule has 0 aliphatic heterocycles. The Morgan fingerprint density at radius 1 is 1.22 bits per heavy atom. The highest BCUT2D eigenvalue weighted by Gasteiger charge is 2.42. The Hall–Kier alpha value is -1.63. The average molecular weight is 323 g/mol. The van der Waals surface area contributed by atoms with Crippen LogP contribution >= 0.6 is 0 Å². The lowest BCUT2D eigenvalue weighted by atomic mass is 9.86. The quantitative estimate of drug-likeness (QED) is 0.568. The molecular weight excluding hydrogens is 298 g/mol. The van der Waals surface area contributed by atoms with Gasteiger partial charge in [0.1, 0.15) is 12.4 Å². The number of carboxylic acids is 1. The Bertz CT molecular complexity index is 495. The van der Waals surface area contributed by atoms with Crippen molar-refractivity contribution in [2.24, 2.45) is 17.6 Å². The summed E-state index contributed by atoms with van der Waals surface area (Å²) in [5, 5.41) is 28.9. The predicted octanol–water partition coefficient (Wildman–Crippen LogP) is 1.01. The van der Waals surface area contributed by atoms with Gasteiger partial charge in [-0.3, -0.25) is 4.79 Å². The number of rotatable bonds is 8. The molecule has 23 heavy (non-hydrogen) atoms. The molecule has 0 saturated heterocycles. The number of aliphatic hydroxyl groups is 2. The van der Waals surface area contributed by atoms with Crippen LogP contribution in [0.25, 0.3) is 0 Å². The Labute approximate surface area is 135 Å². The summed E-state index contributed by atoms with van der Waals surface area (Å²) in [7, 11) is 0. The summed E-state index contributed by atoms with van der Waals surface area (Å²) in [6, 6.07) is 9.17. The van der Waals surface area contributed by atoms with E-state index < -0.39 is 24.1 Å². The summed E-state index contributed by atoms with van der Waals surface area (Å²) in [6.45, 7) is 0.360. The van der Waals surface area contributed by atoms with E-state index in [1.165, 1.54) is 0 Å². The van der Waals surface area contributed by atoms with Crippen LogP contribution in [0.4, 0.5) is 0 Å². The molecule has 1 aromatic rings. The molecule has 2 rings (SSSR count). The lowest BCUT2D eigenvalue weighted by molar-refractivity contribution is -0.139. The fourth-order valence-electron chi connectivity index (χ4n) is 3.27. The van der Waals surface area contributed by atoms with Gasteiger partial charge in [-0.1, -0.05) is 18.2 Å². The summed E-state index contributed by atoms with van der Waals surface area (Å²) in [5.41, 5.74) is 6.04. The molecule has 1 unspecified atom stereocenters. The monoisotopic (exact) mass is 323 g/mol. The second kappa shape index (κ2) is 8.29. The van der Waals surface area contributed by atoms with Crippen molar-refractivity contribution < 1.29 is 24.9 Å². The van der Waals surface area contributed by atoms with E-state index in [1.54, 1.807) is 0 Å². The number of nitrogens with two attached hydrogens (primary N) is 1. The maximum absolute atomic E-state index is 10.9. The SMILES string of the molecule is NC(CC[C@@H]1[C@@H](CC(=O)O)[C@@H](O)C[C@H]1O)COc1ccccc1. The van der Waals surface area contributed by atoms with Crippen LogP contribution < -0.4 is 10.5 Å². The van der Waals surface area contributed by atoms with Gasteiger partial charge in [-0.2, -0.15) is 0 Å². The molecule has 5 N–H and O–H groups in total. The summed E-state index contributed by atoms with van der Waals surface area (Å²) in [6.07, 6.45) is -0.135. The van der Waals surface area contributed by atoms with Crippen LogP contribution in [0, 0.1) is 11.8 Å². The molecule has 6 heteroatoms. The topological polar surface area (TPSA) is 113 Å². The Morgan fingerprint density at radius 3 is 2.52 bits per heavy atom. The molecule has 0 aromatic heterocycles. The zero-order chi connectivity index (χ0) is 16.8. The van der Waals surface area contributed by atoms with Crippen molar-refractivity contribution in [2.75, 3.05) is 6.61 Å². The molecule has 0 amide bonds. The minimum atomic E-state index is -0.954. The zero-order valence-corrected chi connectivity index (χ0v) is 13.0. The third kappa shape index (κ3) is 5.20. The highest BCUT2D eigenvalue weighted by atomic mass is 16.5. The first-order chi connectivity index (χ1) is 11.0. The Morgan fingerprint density at radius 2 is 1.87 bits per heavy atom. The van der Waals surface area contributed by atoms with Gasteiger partial charge in [0.15, 0.2) is 0 Å². The molecule has 0 heterocycles. The molecule has 128 valence electrons. The molecule has 0 bridgehead atoms. The van der Waals surface area contributed by atoms with Gasteiger partial charge < -0.3 is 25.8 Å². The van der Waals surface area contributed by atoms with Gasteiger partial charge in [-0.15, -0.1) is 0 Å². The van der Waals surface area contributed by atoms with Crippen LogP contribution in [0.1, 0.15) is 25.7 Å². The van der Waals surface area contributed by atoms with Crippen molar-refractivity contribution in [1.82, 2.24) is 0 Å².